The molecule has 0 saturated heterocycles. The largest absolute Gasteiger partial charge is 0.288 e. The summed E-state index contributed by atoms with van der Waals surface area (Å²) in [6, 6.07) is 15.7. The number of aryl methyl sites for hydroxylation is 1. The highest BCUT2D eigenvalue weighted by atomic mass is 32.2. The van der Waals surface area contributed by atoms with Gasteiger partial charge in [-0.15, -0.1) is 0 Å². The van der Waals surface area contributed by atoms with E-state index >= 15 is 0 Å². The molecule has 2 heterocycles. The van der Waals surface area contributed by atoms with Crippen molar-refractivity contribution in [1.82, 2.24) is 19.8 Å². The Balaban J connectivity index is 1.40. The van der Waals surface area contributed by atoms with Crippen molar-refractivity contribution < 1.29 is 18.0 Å². The standard InChI is InChI=1S/C21H20N4O4S/c1-25(11-5-8-15-12-19(24-23-15)14-6-3-2-4-7-14)30(28,29)16-9-10-17-18(13-16)21(27)22-20(17)26/h2-4,6-7,9-10,12-13H,5,8,11H2,1H3,(H,23,24)(H,22,26,27). The predicted molar refractivity (Wildman–Crippen MR) is 110 cm³/mol. The van der Waals surface area contributed by atoms with Gasteiger partial charge in [0, 0.05) is 24.8 Å². The SMILES string of the molecule is CN(CCCc1cc(-c2ccccc2)n[nH]1)S(=O)(=O)c1ccc2c(c1)C(=O)NC2=O. The second-order valence-electron chi connectivity index (χ2n) is 7.07. The molecule has 2 amide bonds. The third-order valence-electron chi connectivity index (χ3n) is 5.04. The first-order chi connectivity index (χ1) is 14.4. The van der Waals surface area contributed by atoms with Gasteiger partial charge in [0.05, 0.1) is 21.7 Å². The van der Waals surface area contributed by atoms with Crippen LogP contribution in [0.4, 0.5) is 0 Å². The van der Waals surface area contributed by atoms with Gasteiger partial charge in [-0.3, -0.25) is 20.0 Å². The molecule has 4 rings (SSSR count). The van der Waals surface area contributed by atoms with Gasteiger partial charge in [-0.25, -0.2) is 12.7 Å². The molecule has 0 bridgehead atoms. The smallest absolute Gasteiger partial charge is 0.258 e. The van der Waals surface area contributed by atoms with E-state index in [9.17, 15) is 18.0 Å². The zero-order valence-corrected chi connectivity index (χ0v) is 17.1. The average molecular weight is 424 g/mol. The normalized spacial score (nSPS) is 13.5. The van der Waals surface area contributed by atoms with Crippen molar-refractivity contribution in [3.05, 3.63) is 71.4 Å². The highest BCUT2D eigenvalue weighted by Gasteiger charge is 2.30. The lowest BCUT2D eigenvalue weighted by Crippen LogP contribution is -2.28. The minimum absolute atomic E-state index is 0.0125. The van der Waals surface area contributed by atoms with Crippen molar-refractivity contribution in [1.29, 1.82) is 0 Å². The Hall–Kier alpha value is -3.30. The van der Waals surface area contributed by atoms with Gasteiger partial charge in [-0.1, -0.05) is 30.3 Å². The second-order valence-corrected chi connectivity index (χ2v) is 9.11. The minimum atomic E-state index is -3.78. The molecule has 2 N–H and O–H groups in total. The lowest BCUT2D eigenvalue weighted by molar-refractivity contribution is 0.0879. The quantitative estimate of drug-likeness (QED) is 0.565. The molecule has 1 aliphatic rings. The van der Waals surface area contributed by atoms with Gasteiger partial charge < -0.3 is 0 Å². The first-order valence-electron chi connectivity index (χ1n) is 9.42. The maximum Gasteiger partial charge on any atom is 0.258 e. The van der Waals surface area contributed by atoms with Crippen LogP contribution in [0.3, 0.4) is 0 Å². The number of H-pyrrole nitrogens is 1. The topological polar surface area (TPSA) is 112 Å². The molecule has 0 atom stereocenters. The summed E-state index contributed by atoms with van der Waals surface area (Å²) in [6.45, 7) is 0.296. The summed E-state index contributed by atoms with van der Waals surface area (Å²) in [5, 5.41) is 9.46. The molecule has 0 saturated carbocycles. The second kappa shape index (κ2) is 7.85. The fourth-order valence-electron chi connectivity index (χ4n) is 3.35. The van der Waals surface area contributed by atoms with E-state index in [2.05, 4.69) is 15.5 Å². The van der Waals surface area contributed by atoms with Crippen molar-refractivity contribution >= 4 is 21.8 Å². The van der Waals surface area contributed by atoms with E-state index in [0.717, 1.165) is 17.0 Å². The van der Waals surface area contributed by atoms with E-state index in [-0.39, 0.29) is 16.0 Å². The number of benzene rings is 2. The molecule has 154 valence electrons. The highest BCUT2D eigenvalue weighted by Crippen LogP contribution is 2.23. The first-order valence-corrected chi connectivity index (χ1v) is 10.9. The van der Waals surface area contributed by atoms with Crippen LogP contribution in [0.5, 0.6) is 0 Å². The Morgan fingerprint density at radius 3 is 2.47 bits per heavy atom. The molecule has 1 aliphatic heterocycles. The van der Waals surface area contributed by atoms with Gasteiger partial charge in [0.2, 0.25) is 10.0 Å². The Bertz CT molecular complexity index is 1220. The zero-order chi connectivity index (χ0) is 21.3. The molecule has 3 aromatic rings. The number of aromatic amines is 1. The summed E-state index contributed by atoms with van der Waals surface area (Å²) in [7, 11) is -2.28. The van der Waals surface area contributed by atoms with Crippen LogP contribution in [0, 0.1) is 0 Å². The van der Waals surface area contributed by atoms with Crippen molar-refractivity contribution in [2.45, 2.75) is 17.7 Å². The van der Waals surface area contributed by atoms with Crippen LogP contribution in [-0.2, 0) is 16.4 Å². The molecule has 0 unspecified atom stereocenters. The van der Waals surface area contributed by atoms with Gasteiger partial charge in [-0.05, 0) is 37.1 Å². The maximum atomic E-state index is 12.8. The Morgan fingerprint density at radius 2 is 1.70 bits per heavy atom. The fraction of sp³-hybridized carbons (Fsp3) is 0.190. The van der Waals surface area contributed by atoms with Gasteiger partial charge in [-0.2, -0.15) is 5.10 Å². The van der Waals surface area contributed by atoms with E-state index in [1.807, 2.05) is 36.4 Å². The number of amides is 2. The number of imide groups is 1. The van der Waals surface area contributed by atoms with Crippen molar-refractivity contribution in [2.24, 2.45) is 0 Å². The number of hydrogen-bond acceptors (Lipinski definition) is 5. The zero-order valence-electron chi connectivity index (χ0n) is 16.3. The van der Waals surface area contributed by atoms with Gasteiger partial charge in [0.1, 0.15) is 0 Å². The van der Waals surface area contributed by atoms with Crippen molar-refractivity contribution in [2.75, 3.05) is 13.6 Å². The van der Waals surface area contributed by atoms with Crippen LogP contribution in [-0.4, -0.2) is 48.3 Å². The van der Waals surface area contributed by atoms with Crippen LogP contribution in [0.2, 0.25) is 0 Å². The number of fused-ring (bicyclic) bond motifs is 1. The number of aromatic nitrogens is 2. The molecule has 2 aromatic carbocycles. The van der Waals surface area contributed by atoms with E-state index < -0.39 is 21.8 Å². The number of carbonyl (C=O) groups excluding carboxylic acids is 2. The number of nitrogens with zero attached hydrogens (tertiary/aromatic N) is 2. The molecule has 0 fully saturated rings. The van der Waals surface area contributed by atoms with Crippen molar-refractivity contribution in [3.8, 4) is 11.3 Å². The molecular weight excluding hydrogens is 404 g/mol. The number of hydrogen-bond donors (Lipinski definition) is 2. The van der Waals surface area contributed by atoms with Gasteiger partial charge >= 0.3 is 0 Å². The van der Waals surface area contributed by atoms with Crippen LogP contribution >= 0.6 is 0 Å². The number of rotatable bonds is 7. The summed E-state index contributed by atoms with van der Waals surface area (Å²) in [4.78, 5) is 23.4. The summed E-state index contributed by atoms with van der Waals surface area (Å²) >= 11 is 0. The Morgan fingerprint density at radius 1 is 0.967 bits per heavy atom. The van der Waals surface area contributed by atoms with Gasteiger partial charge in [0.15, 0.2) is 0 Å². The van der Waals surface area contributed by atoms with Gasteiger partial charge in [0.25, 0.3) is 11.8 Å². The summed E-state index contributed by atoms with van der Waals surface area (Å²) < 4.78 is 26.9. The maximum absolute atomic E-state index is 12.8. The lowest BCUT2D eigenvalue weighted by atomic mass is 10.1. The summed E-state index contributed by atoms with van der Waals surface area (Å²) in [6.07, 6.45) is 1.23. The van der Waals surface area contributed by atoms with Crippen LogP contribution in [0.1, 0.15) is 32.8 Å². The van der Waals surface area contributed by atoms with E-state index in [1.165, 1.54) is 29.6 Å². The molecule has 30 heavy (non-hydrogen) atoms. The highest BCUT2D eigenvalue weighted by molar-refractivity contribution is 7.89. The molecule has 9 heteroatoms. The van der Waals surface area contributed by atoms with E-state index in [1.54, 1.807) is 0 Å². The monoisotopic (exact) mass is 424 g/mol. The molecule has 0 aliphatic carbocycles. The predicted octanol–water partition coefficient (Wildman–Crippen LogP) is 2.21. The Kier molecular flexibility index (Phi) is 5.23. The van der Waals surface area contributed by atoms with Crippen LogP contribution in [0.15, 0.2) is 59.5 Å². The van der Waals surface area contributed by atoms with Crippen LogP contribution in [0.25, 0.3) is 11.3 Å². The first kappa shape index (κ1) is 20.0. The third kappa shape index (κ3) is 3.77. The molecular formula is C21H20N4O4S. The Labute approximate surface area is 174 Å². The van der Waals surface area contributed by atoms with E-state index in [0.29, 0.717) is 19.4 Å². The average Bonchev–Trinajstić information content (AvgIpc) is 3.33. The molecule has 8 nitrogen and oxygen atoms in total. The fourth-order valence-corrected chi connectivity index (χ4v) is 4.58. The summed E-state index contributed by atoms with van der Waals surface area (Å²) in [5.74, 6) is -1.09. The number of sulfonamides is 1. The number of nitrogens with one attached hydrogen (secondary N) is 2. The lowest BCUT2D eigenvalue weighted by Gasteiger charge is -2.17. The minimum Gasteiger partial charge on any atom is -0.288 e. The number of carbonyl (C=O) groups is 2. The van der Waals surface area contributed by atoms with Crippen LogP contribution < -0.4 is 5.32 Å². The summed E-state index contributed by atoms with van der Waals surface area (Å²) in [5.41, 5.74) is 3.05. The molecule has 0 radical (unpaired) electrons. The van der Waals surface area contributed by atoms with Crippen molar-refractivity contribution in [3.63, 3.8) is 0 Å². The third-order valence-corrected chi connectivity index (χ3v) is 6.89. The van der Waals surface area contributed by atoms with E-state index in [4.69, 9.17) is 0 Å². The molecule has 0 spiro atoms. The molecule has 1 aromatic heterocycles.